The van der Waals surface area contributed by atoms with Gasteiger partial charge in [0, 0.05) is 31.5 Å². The van der Waals surface area contributed by atoms with E-state index in [4.69, 9.17) is 0 Å². The Morgan fingerprint density at radius 3 is 2.54 bits per heavy atom. The molecular weight excluding hydrogens is 463 g/mol. The molecule has 0 spiro atoms. The number of nitrogens with zero attached hydrogens (tertiary/aromatic N) is 3. The lowest BCUT2D eigenvalue weighted by atomic mass is 10.0. The Hall–Kier alpha value is -3.36. The topological polar surface area (TPSA) is 65.5 Å². The molecule has 1 aliphatic rings. The van der Waals surface area contributed by atoms with Crippen LogP contribution in [0.3, 0.4) is 0 Å². The molecule has 1 saturated heterocycles. The fraction of sp³-hybridized carbons (Fsp3) is 0.296. The van der Waals surface area contributed by atoms with E-state index in [1.807, 2.05) is 12.1 Å². The molecule has 1 aliphatic heterocycles. The van der Waals surface area contributed by atoms with Crippen molar-refractivity contribution in [2.45, 2.75) is 39.3 Å². The SMILES string of the molecule is CC(=O)N(c1nc(/C=C/C(=O)NCc2ccccc2CN2CCCCC2)cs1)c1ccccc1F. The van der Waals surface area contributed by atoms with Crippen molar-refractivity contribution in [1.29, 1.82) is 0 Å². The van der Waals surface area contributed by atoms with E-state index in [9.17, 15) is 14.0 Å². The standard InChI is InChI=1S/C27H29FN4O2S/c1-20(33)32(25-12-6-5-11-24(25)28)27-30-23(19-35-27)13-14-26(34)29-17-21-9-3-4-10-22(21)18-31-15-7-2-8-16-31/h3-6,9-14,19H,2,7-8,15-18H2,1H3,(H,29,34)/b14-13+. The van der Waals surface area contributed by atoms with Crippen LogP contribution < -0.4 is 10.2 Å². The molecule has 182 valence electrons. The second-order valence-electron chi connectivity index (χ2n) is 8.52. The third-order valence-electron chi connectivity index (χ3n) is 5.93. The van der Waals surface area contributed by atoms with E-state index in [-0.39, 0.29) is 17.5 Å². The Bertz CT molecular complexity index is 1200. The van der Waals surface area contributed by atoms with Crippen molar-refractivity contribution in [3.8, 4) is 0 Å². The Kier molecular flexibility index (Phi) is 8.39. The molecule has 0 saturated carbocycles. The van der Waals surface area contributed by atoms with Crippen LogP contribution in [0.25, 0.3) is 6.08 Å². The number of carbonyl (C=O) groups is 2. The minimum Gasteiger partial charge on any atom is -0.348 e. The molecule has 0 unspecified atom stereocenters. The minimum absolute atomic E-state index is 0.144. The highest BCUT2D eigenvalue weighted by molar-refractivity contribution is 7.14. The molecule has 6 nitrogen and oxygen atoms in total. The fourth-order valence-electron chi connectivity index (χ4n) is 4.14. The van der Waals surface area contributed by atoms with Crippen molar-refractivity contribution in [3.05, 3.63) is 82.6 Å². The smallest absolute Gasteiger partial charge is 0.244 e. The van der Waals surface area contributed by atoms with Crippen molar-refractivity contribution < 1.29 is 14.0 Å². The first-order valence-electron chi connectivity index (χ1n) is 11.8. The van der Waals surface area contributed by atoms with E-state index in [0.29, 0.717) is 17.4 Å². The highest BCUT2D eigenvalue weighted by atomic mass is 32.1. The van der Waals surface area contributed by atoms with Gasteiger partial charge in [0.25, 0.3) is 0 Å². The number of rotatable bonds is 8. The molecule has 2 amide bonds. The second-order valence-corrected chi connectivity index (χ2v) is 9.35. The van der Waals surface area contributed by atoms with Crippen LogP contribution in [0.5, 0.6) is 0 Å². The van der Waals surface area contributed by atoms with E-state index < -0.39 is 5.82 Å². The van der Waals surface area contributed by atoms with E-state index >= 15 is 0 Å². The van der Waals surface area contributed by atoms with Crippen LogP contribution in [0.2, 0.25) is 0 Å². The lowest BCUT2D eigenvalue weighted by Gasteiger charge is -2.27. The Balaban J connectivity index is 1.37. The van der Waals surface area contributed by atoms with Gasteiger partial charge in [0.2, 0.25) is 11.8 Å². The predicted molar refractivity (Wildman–Crippen MR) is 138 cm³/mol. The molecule has 1 fully saturated rings. The van der Waals surface area contributed by atoms with Crippen LogP contribution >= 0.6 is 11.3 Å². The summed E-state index contributed by atoms with van der Waals surface area (Å²) < 4.78 is 14.2. The first-order valence-corrected chi connectivity index (χ1v) is 12.6. The highest BCUT2D eigenvalue weighted by Crippen LogP contribution is 2.31. The molecule has 8 heteroatoms. The average molecular weight is 493 g/mol. The molecule has 2 heterocycles. The van der Waals surface area contributed by atoms with Gasteiger partial charge in [-0.3, -0.25) is 19.4 Å². The van der Waals surface area contributed by atoms with E-state index in [1.165, 1.54) is 66.2 Å². The molecule has 4 rings (SSSR count). The molecule has 2 aromatic carbocycles. The van der Waals surface area contributed by atoms with E-state index in [1.54, 1.807) is 23.6 Å². The number of benzene rings is 2. The lowest BCUT2D eigenvalue weighted by molar-refractivity contribution is -0.117. The van der Waals surface area contributed by atoms with Crippen molar-refractivity contribution in [1.82, 2.24) is 15.2 Å². The summed E-state index contributed by atoms with van der Waals surface area (Å²) in [6.45, 7) is 4.95. The van der Waals surface area contributed by atoms with E-state index in [0.717, 1.165) is 25.2 Å². The first kappa shape index (κ1) is 24.8. The van der Waals surface area contributed by atoms with Gasteiger partial charge in [-0.2, -0.15) is 0 Å². The monoisotopic (exact) mass is 492 g/mol. The lowest BCUT2D eigenvalue weighted by Crippen LogP contribution is -2.30. The molecule has 1 aromatic heterocycles. The number of nitrogens with one attached hydrogen (secondary N) is 1. The van der Waals surface area contributed by atoms with E-state index in [2.05, 4.69) is 27.3 Å². The Morgan fingerprint density at radius 1 is 1.09 bits per heavy atom. The van der Waals surface area contributed by atoms with Gasteiger partial charge in [-0.05, 0) is 55.3 Å². The zero-order valence-electron chi connectivity index (χ0n) is 19.7. The van der Waals surface area contributed by atoms with Gasteiger partial charge >= 0.3 is 0 Å². The van der Waals surface area contributed by atoms with Gasteiger partial charge in [-0.1, -0.05) is 42.8 Å². The molecule has 1 N–H and O–H groups in total. The summed E-state index contributed by atoms with van der Waals surface area (Å²) in [5.74, 6) is -1.08. The van der Waals surface area contributed by atoms with Crippen molar-refractivity contribution >= 4 is 40.0 Å². The van der Waals surface area contributed by atoms with Gasteiger partial charge in [-0.15, -0.1) is 11.3 Å². The van der Waals surface area contributed by atoms with Gasteiger partial charge < -0.3 is 5.32 Å². The highest BCUT2D eigenvalue weighted by Gasteiger charge is 2.20. The number of hydrogen-bond acceptors (Lipinski definition) is 5. The van der Waals surface area contributed by atoms with Crippen LogP contribution in [0.15, 0.2) is 60.0 Å². The third kappa shape index (κ3) is 6.61. The summed E-state index contributed by atoms with van der Waals surface area (Å²) in [5, 5.41) is 5.01. The number of hydrogen-bond donors (Lipinski definition) is 1. The summed E-state index contributed by atoms with van der Waals surface area (Å²) in [7, 11) is 0. The number of piperidine rings is 1. The molecule has 3 aromatic rings. The number of likely N-dealkylation sites (tertiary alicyclic amines) is 1. The maximum atomic E-state index is 14.2. The quantitative estimate of drug-likeness (QED) is 0.435. The van der Waals surface area contributed by atoms with Crippen molar-refractivity contribution in [2.24, 2.45) is 0 Å². The van der Waals surface area contributed by atoms with Gasteiger partial charge in [-0.25, -0.2) is 9.37 Å². The zero-order chi connectivity index (χ0) is 24.6. The number of halogens is 1. The number of aromatic nitrogens is 1. The zero-order valence-corrected chi connectivity index (χ0v) is 20.6. The summed E-state index contributed by atoms with van der Waals surface area (Å²) in [4.78, 5) is 32.7. The van der Waals surface area contributed by atoms with Crippen LogP contribution in [0, 0.1) is 5.82 Å². The summed E-state index contributed by atoms with van der Waals surface area (Å²) in [6.07, 6.45) is 6.80. The predicted octanol–water partition coefficient (Wildman–Crippen LogP) is 5.28. The van der Waals surface area contributed by atoms with Gasteiger partial charge in [0.05, 0.1) is 11.4 Å². The summed E-state index contributed by atoms with van der Waals surface area (Å²) in [5.41, 5.74) is 3.01. The molecule has 0 atom stereocenters. The Morgan fingerprint density at radius 2 is 1.80 bits per heavy atom. The average Bonchev–Trinajstić information content (AvgIpc) is 3.32. The van der Waals surface area contributed by atoms with Crippen molar-refractivity contribution in [3.63, 3.8) is 0 Å². The number of anilines is 2. The molecule has 0 radical (unpaired) electrons. The third-order valence-corrected chi connectivity index (χ3v) is 6.77. The van der Waals surface area contributed by atoms with Gasteiger partial charge in [0.15, 0.2) is 5.13 Å². The Labute approximate surface area is 209 Å². The van der Waals surface area contributed by atoms with Crippen LogP contribution in [0.1, 0.15) is 43.0 Å². The largest absolute Gasteiger partial charge is 0.348 e. The minimum atomic E-state index is -0.505. The van der Waals surface area contributed by atoms with Crippen LogP contribution in [-0.2, 0) is 22.7 Å². The molecule has 35 heavy (non-hydrogen) atoms. The van der Waals surface area contributed by atoms with Crippen molar-refractivity contribution in [2.75, 3.05) is 18.0 Å². The number of thiazole rings is 1. The normalized spacial score (nSPS) is 14.2. The van der Waals surface area contributed by atoms with Crippen LogP contribution in [-0.4, -0.2) is 34.8 Å². The number of para-hydroxylation sites is 1. The summed E-state index contributed by atoms with van der Waals surface area (Å²) >= 11 is 1.21. The summed E-state index contributed by atoms with van der Waals surface area (Å²) in [6, 6.07) is 14.3. The first-order chi connectivity index (χ1) is 17.0. The number of carbonyl (C=O) groups excluding carboxylic acids is 2. The fourth-order valence-corrected chi connectivity index (χ4v) is 4.99. The molecular formula is C27H29FN4O2S. The molecule has 0 bridgehead atoms. The number of amides is 2. The van der Waals surface area contributed by atoms with Crippen LogP contribution in [0.4, 0.5) is 15.2 Å². The maximum absolute atomic E-state index is 14.2. The molecule has 0 aliphatic carbocycles. The maximum Gasteiger partial charge on any atom is 0.244 e. The second kappa shape index (κ2) is 11.9. The van der Waals surface area contributed by atoms with Gasteiger partial charge in [0.1, 0.15) is 5.82 Å².